The fourth-order valence-corrected chi connectivity index (χ4v) is 4.29. The predicted molar refractivity (Wildman–Crippen MR) is 90.2 cm³/mol. The molecule has 0 saturated carbocycles. The average molecular weight is 323 g/mol. The molecule has 2 saturated heterocycles. The predicted octanol–water partition coefficient (Wildman–Crippen LogP) is 0.872. The zero-order valence-corrected chi connectivity index (χ0v) is 14.0. The summed E-state index contributed by atoms with van der Waals surface area (Å²) in [4.78, 5) is 16.9. The second-order valence-corrected chi connectivity index (χ2v) is 7.30. The Bertz CT molecular complexity index is 492. The summed E-state index contributed by atoms with van der Waals surface area (Å²) in [6, 6.07) is 2.59. The summed E-state index contributed by atoms with van der Waals surface area (Å²) >= 11 is 2.08. The summed E-state index contributed by atoms with van der Waals surface area (Å²) in [5, 5.41) is 7.03. The molecular weight excluding hydrogens is 298 g/mol. The lowest BCUT2D eigenvalue weighted by Crippen LogP contribution is -2.52. The quantitative estimate of drug-likeness (QED) is 0.891. The molecule has 0 spiro atoms. The first-order valence-electron chi connectivity index (χ1n) is 8.04. The molecule has 2 aliphatic heterocycles. The highest BCUT2D eigenvalue weighted by atomic mass is 32.2. The standard InChI is InChI=1S/C15H25N5OS/c1-18-5-2-14(17-18)16-15(21)12-19-6-8-20(9-7-19)13-3-10-22-11-4-13/h2,5,13H,3-4,6-12H2,1H3,(H,16,17,21). The van der Waals surface area contributed by atoms with Gasteiger partial charge in [-0.05, 0) is 24.3 Å². The molecule has 0 unspecified atom stereocenters. The van der Waals surface area contributed by atoms with Crippen molar-refractivity contribution in [3.05, 3.63) is 12.3 Å². The molecule has 7 heteroatoms. The minimum Gasteiger partial charge on any atom is -0.308 e. The van der Waals surface area contributed by atoms with Gasteiger partial charge in [0, 0.05) is 51.5 Å². The number of amides is 1. The van der Waals surface area contributed by atoms with Crippen LogP contribution in [0.5, 0.6) is 0 Å². The highest BCUT2D eigenvalue weighted by molar-refractivity contribution is 7.99. The third-order valence-electron chi connectivity index (χ3n) is 4.46. The first kappa shape index (κ1) is 15.8. The molecule has 1 aromatic rings. The van der Waals surface area contributed by atoms with Crippen molar-refractivity contribution >= 4 is 23.5 Å². The molecule has 0 atom stereocenters. The van der Waals surface area contributed by atoms with Gasteiger partial charge in [0.2, 0.25) is 5.91 Å². The number of carbonyl (C=O) groups is 1. The zero-order chi connectivity index (χ0) is 15.4. The fraction of sp³-hybridized carbons (Fsp3) is 0.733. The normalized spacial score (nSPS) is 21.9. The van der Waals surface area contributed by atoms with Gasteiger partial charge in [0.25, 0.3) is 0 Å². The minimum absolute atomic E-state index is 0.0289. The third kappa shape index (κ3) is 4.24. The fourth-order valence-electron chi connectivity index (χ4n) is 3.20. The molecular formula is C15H25N5OS. The van der Waals surface area contributed by atoms with Crippen molar-refractivity contribution in [3.8, 4) is 0 Å². The number of nitrogens with one attached hydrogen (secondary N) is 1. The highest BCUT2D eigenvalue weighted by Crippen LogP contribution is 2.22. The van der Waals surface area contributed by atoms with Gasteiger partial charge >= 0.3 is 0 Å². The van der Waals surface area contributed by atoms with E-state index >= 15 is 0 Å². The van der Waals surface area contributed by atoms with Gasteiger partial charge in [0.15, 0.2) is 5.82 Å². The molecule has 0 aromatic carbocycles. The van der Waals surface area contributed by atoms with Crippen LogP contribution in [0.2, 0.25) is 0 Å². The Kier molecular flexibility index (Phi) is 5.38. The maximum atomic E-state index is 12.1. The smallest absolute Gasteiger partial charge is 0.239 e. The Morgan fingerprint density at radius 3 is 2.68 bits per heavy atom. The SMILES string of the molecule is Cn1ccc(NC(=O)CN2CCN(C3CCSCC3)CC2)n1. The molecule has 2 aliphatic rings. The number of hydrogen-bond donors (Lipinski definition) is 1. The minimum atomic E-state index is 0.0289. The van der Waals surface area contributed by atoms with Crippen molar-refractivity contribution in [2.24, 2.45) is 7.05 Å². The molecule has 0 radical (unpaired) electrons. The Hall–Kier alpha value is -1.05. The van der Waals surface area contributed by atoms with Gasteiger partial charge in [-0.25, -0.2) is 0 Å². The van der Waals surface area contributed by atoms with Crippen LogP contribution >= 0.6 is 11.8 Å². The molecule has 6 nitrogen and oxygen atoms in total. The van der Waals surface area contributed by atoms with E-state index in [2.05, 4.69) is 32.0 Å². The first-order chi connectivity index (χ1) is 10.7. The van der Waals surface area contributed by atoms with Crippen LogP contribution in [0.25, 0.3) is 0 Å². The Morgan fingerprint density at radius 2 is 2.05 bits per heavy atom. The number of anilines is 1. The van der Waals surface area contributed by atoms with E-state index in [0.717, 1.165) is 32.2 Å². The van der Waals surface area contributed by atoms with Crippen LogP contribution in [0.4, 0.5) is 5.82 Å². The second kappa shape index (κ2) is 7.48. The van der Waals surface area contributed by atoms with Crippen molar-refractivity contribution < 1.29 is 4.79 Å². The molecule has 2 fully saturated rings. The van der Waals surface area contributed by atoms with E-state index in [9.17, 15) is 4.79 Å². The third-order valence-corrected chi connectivity index (χ3v) is 5.51. The van der Waals surface area contributed by atoms with Gasteiger partial charge in [0.1, 0.15) is 0 Å². The summed E-state index contributed by atoms with van der Waals surface area (Å²) in [5.74, 6) is 3.27. The van der Waals surface area contributed by atoms with E-state index < -0.39 is 0 Å². The van der Waals surface area contributed by atoms with Gasteiger partial charge < -0.3 is 5.32 Å². The van der Waals surface area contributed by atoms with E-state index in [1.807, 2.05) is 19.3 Å². The maximum absolute atomic E-state index is 12.1. The number of hydrogen-bond acceptors (Lipinski definition) is 5. The van der Waals surface area contributed by atoms with Crippen LogP contribution < -0.4 is 5.32 Å². The van der Waals surface area contributed by atoms with E-state index in [4.69, 9.17) is 0 Å². The van der Waals surface area contributed by atoms with E-state index in [1.54, 1.807) is 4.68 Å². The largest absolute Gasteiger partial charge is 0.308 e. The van der Waals surface area contributed by atoms with Crippen molar-refractivity contribution in [2.75, 3.05) is 49.5 Å². The van der Waals surface area contributed by atoms with Crippen LogP contribution in [0, 0.1) is 0 Å². The monoisotopic (exact) mass is 323 g/mol. The van der Waals surface area contributed by atoms with Crippen LogP contribution in [-0.4, -0.2) is 75.8 Å². The molecule has 3 heterocycles. The van der Waals surface area contributed by atoms with Gasteiger partial charge in [-0.15, -0.1) is 0 Å². The number of thioether (sulfide) groups is 1. The van der Waals surface area contributed by atoms with Crippen LogP contribution in [0.3, 0.4) is 0 Å². The molecule has 3 rings (SSSR count). The van der Waals surface area contributed by atoms with Crippen molar-refractivity contribution in [1.82, 2.24) is 19.6 Å². The van der Waals surface area contributed by atoms with Crippen LogP contribution in [-0.2, 0) is 11.8 Å². The molecule has 1 N–H and O–H groups in total. The number of aromatic nitrogens is 2. The lowest BCUT2D eigenvalue weighted by molar-refractivity contribution is -0.117. The summed E-state index contributed by atoms with van der Waals surface area (Å²) in [6.07, 6.45) is 4.48. The van der Waals surface area contributed by atoms with Gasteiger partial charge in [-0.1, -0.05) is 0 Å². The molecule has 0 aliphatic carbocycles. The Labute approximate surface area is 136 Å². The summed E-state index contributed by atoms with van der Waals surface area (Å²) < 4.78 is 1.69. The molecule has 1 amide bonds. The van der Waals surface area contributed by atoms with E-state index in [0.29, 0.717) is 12.4 Å². The molecule has 0 bridgehead atoms. The van der Waals surface area contributed by atoms with Gasteiger partial charge in [0.05, 0.1) is 6.54 Å². The lowest BCUT2D eigenvalue weighted by atomic mass is 10.1. The van der Waals surface area contributed by atoms with Crippen molar-refractivity contribution in [2.45, 2.75) is 18.9 Å². The number of aryl methyl sites for hydroxylation is 1. The number of rotatable bonds is 4. The van der Waals surface area contributed by atoms with Crippen molar-refractivity contribution in [1.29, 1.82) is 0 Å². The van der Waals surface area contributed by atoms with E-state index in [-0.39, 0.29) is 5.91 Å². The maximum Gasteiger partial charge on any atom is 0.239 e. The van der Waals surface area contributed by atoms with Crippen LogP contribution in [0.1, 0.15) is 12.8 Å². The van der Waals surface area contributed by atoms with Gasteiger partial charge in [-0.2, -0.15) is 16.9 Å². The Balaban J connectivity index is 1.40. The number of carbonyl (C=O) groups excluding carboxylic acids is 1. The summed E-state index contributed by atoms with van der Waals surface area (Å²) in [6.45, 7) is 4.61. The van der Waals surface area contributed by atoms with Crippen LogP contribution in [0.15, 0.2) is 12.3 Å². The highest BCUT2D eigenvalue weighted by Gasteiger charge is 2.25. The average Bonchev–Trinajstić information content (AvgIpc) is 2.94. The molecule has 1 aromatic heterocycles. The Morgan fingerprint density at radius 1 is 1.32 bits per heavy atom. The topological polar surface area (TPSA) is 53.4 Å². The first-order valence-corrected chi connectivity index (χ1v) is 9.20. The summed E-state index contributed by atoms with van der Waals surface area (Å²) in [7, 11) is 1.85. The number of piperazine rings is 1. The second-order valence-electron chi connectivity index (χ2n) is 6.08. The lowest BCUT2D eigenvalue weighted by Gasteiger charge is -2.40. The molecule has 22 heavy (non-hydrogen) atoms. The van der Waals surface area contributed by atoms with E-state index in [1.165, 1.54) is 24.3 Å². The van der Waals surface area contributed by atoms with Crippen molar-refractivity contribution in [3.63, 3.8) is 0 Å². The number of nitrogens with zero attached hydrogens (tertiary/aromatic N) is 4. The zero-order valence-electron chi connectivity index (χ0n) is 13.2. The van der Waals surface area contributed by atoms with Gasteiger partial charge in [-0.3, -0.25) is 19.3 Å². The summed E-state index contributed by atoms with van der Waals surface area (Å²) in [5.41, 5.74) is 0. The molecule has 122 valence electrons.